The van der Waals surface area contributed by atoms with Gasteiger partial charge in [-0.05, 0) is 13.3 Å². The highest BCUT2D eigenvalue weighted by atomic mass is 16.5. The molecule has 1 N–H and O–H groups in total. The predicted molar refractivity (Wildman–Crippen MR) is 69.2 cm³/mol. The van der Waals surface area contributed by atoms with E-state index in [1.54, 1.807) is 11.8 Å². The fraction of sp³-hybridized carbons (Fsp3) is 0.417. The molecule has 0 saturated carbocycles. The highest BCUT2D eigenvalue weighted by molar-refractivity contribution is 5.62. The molecule has 0 radical (unpaired) electrons. The Morgan fingerprint density at radius 1 is 1.39 bits per heavy atom. The van der Waals surface area contributed by atoms with Crippen molar-refractivity contribution in [2.45, 2.75) is 20.3 Å². The number of methoxy groups -OCH3 is 1. The van der Waals surface area contributed by atoms with Crippen LogP contribution in [0.4, 0.5) is 11.5 Å². The van der Waals surface area contributed by atoms with Crippen molar-refractivity contribution in [1.29, 1.82) is 0 Å². The van der Waals surface area contributed by atoms with Crippen molar-refractivity contribution in [1.82, 2.24) is 19.7 Å². The van der Waals surface area contributed by atoms with E-state index in [0.29, 0.717) is 5.88 Å². The first-order chi connectivity index (χ1) is 8.65. The highest BCUT2D eigenvalue weighted by Gasteiger charge is 2.11. The van der Waals surface area contributed by atoms with Gasteiger partial charge in [-0.25, -0.2) is 9.97 Å². The fourth-order valence-corrected chi connectivity index (χ4v) is 1.79. The van der Waals surface area contributed by atoms with Gasteiger partial charge in [-0.1, -0.05) is 6.92 Å². The van der Waals surface area contributed by atoms with Crippen LogP contribution in [0.3, 0.4) is 0 Å². The van der Waals surface area contributed by atoms with Gasteiger partial charge in [-0.3, -0.25) is 4.68 Å². The molecule has 2 heterocycles. The molecule has 0 amide bonds. The van der Waals surface area contributed by atoms with E-state index in [4.69, 9.17) is 4.74 Å². The van der Waals surface area contributed by atoms with Crippen LogP contribution in [0.5, 0.6) is 5.88 Å². The average molecular weight is 247 g/mol. The molecule has 0 aliphatic rings. The van der Waals surface area contributed by atoms with Crippen LogP contribution in [0.25, 0.3) is 0 Å². The van der Waals surface area contributed by atoms with Crippen molar-refractivity contribution in [2.75, 3.05) is 12.4 Å². The maximum absolute atomic E-state index is 5.17. The van der Waals surface area contributed by atoms with Gasteiger partial charge in [0.15, 0.2) is 0 Å². The van der Waals surface area contributed by atoms with Crippen molar-refractivity contribution >= 4 is 11.5 Å². The second-order valence-corrected chi connectivity index (χ2v) is 4.00. The summed E-state index contributed by atoms with van der Waals surface area (Å²) in [6.07, 6.45) is 4.29. The van der Waals surface area contributed by atoms with Gasteiger partial charge in [0.2, 0.25) is 5.88 Å². The van der Waals surface area contributed by atoms with Crippen LogP contribution in [0.2, 0.25) is 0 Å². The molecule has 0 saturated heterocycles. The number of hydrogen-bond acceptors (Lipinski definition) is 5. The predicted octanol–water partition coefficient (Wildman–Crippen LogP) is 1.83. The van der Waals surface area contributed by atoms with Crippen LogP contribution in [-0.2, 0) is 13.5 Å². The number of nitrogens with zero attached hydrogens (tertiary/aromatic N) is 4. The van der Waals surface area contributed by atoms with Crippen molar-refractivity contribution in [3.8, 4) is 5.88 Å². The average Bonchev–Trinajstić information content (AvgIpc) is 2.72. The Kier molecular flexibility index (Phi) is 3.45. The molecule has 0 aromatic carbocycles. The van der Waals surface area contributed by atoms with Crippen LogP contribution < -0.4 is 10.1 Å². The summed E-state index contributed by atoms with van der Waals surface area (Å²) in [6.45, 7) is 3.99. The molecule has 0 atom stereocenters. The molecule has 0 bridgehead atoms. The Balaban J connectivity index is 2.33. The maximum atomic E-state index is 5.17. The Labute approximate surface area is 106 Å². The lowest BCUT2D eigenvalue weighted by atomic mass is 10.2. The van der Waals surface area contributed by atoms with Gasteiger partial charge in [0.1, 0.15) is 12.1 Å². The monoisotopic (exact) mass is 247 g/mol. The number of hydrogen-bond donors (Lipinski definition) is 1. The lowest BCUT2D eigenvalue weighted by molar-refractivity contribution is 0.394. The molecule has 6 heteroatoms. The molecule has 6 nitrogen and oxygen atoms in total. The highest BCUT2D eigenvalue weighted by Crippen LogP contribution is 2.25. The van der Waals surface area contributed by atoms with Crippen LogP contribution in [0.15, 0.2) is 12.5 Å². The smallest absolute Gasteiger partial charge is 0.221 e. The van der Waals surface area contributed by atoms with Crippen molar-refractivity contribution in [3.05, 3.63) is 23.8 Å². The number of aryl methyl sites for hydroxylation is 2. The molecular formula is C12H17N5O. The Morgan fingerprint density at radius 3 is 2.83 bits per heavy atom. The molecule has 2 rings (SSSR count). The van der Waals surface area contributed by atoms with Gasteiger partial charge in [0.05, 0.1) is 24.1 Å². The third-order valence-corrected chi connectivity index (χ3v) is 2.72. The summed E-state index contributed by atoms with van der Waals surface area (Å²) >= 11 is 0. The summed E-state index contributed by atoms with van der Waals surface area (Å²) in [5, 5.41) is 7.65. The van der Waals surface area contributed by atoms with Crippen molar-refractivity contribution < 1.29 is 4.74 Å². The molecule has 0 spiro atoms. The Hall–Kier alpha value is -2.11. The first-order valence-electron chi connectivity index (χ1n) is 5.80. The number of rotatable bonds is 4. The number of anilines is 2. The minimum absolute atomic E-state index is 0.578. The Morgan fingerprint density at radius 2 is 2.17 bits per heavy atom. The zero-order valence-electron chi connectivity index (χ0n) is 11.1. The first-order valence-corrected chi connectivity index (χ1v) is 5.80. The lowest BCUT2D eigenvalue weighted by Crippen LogP contribution is -2.01. The number of ether oxygens (including phenoxy) is 1. The van der Waals surface area contributed by atoms with Crippen LogP contribution in [0.1, 0.15) is 18.2 Å². The van der Waals surface area contributed by atoms with Gasteiger partial charge in [0.25, 0.3) is 0 Å². The minimum atomic E-state index is 0.578. The molecular weight excluding hydrogens is 230 g/mol. The summed E-state index contributed by atoms with van der Waals surface area (Å²) in [4.78, 5) is 8.28. The molecule has 0 aliphatic carbocycles. The lowest BCUT2D eigenvalue weighted by Gasteiger charge is -2.09. The Bertz CT molecular complexity index is 549. The molecule has 0 unspecified atom stereocenters. The zero-order valence-corrected chi connectivity index (χ0v) is 11.1. The van der Waals surface area contributed by atoms with Crippen LogP contribution in [-0.4, -0.2) is 26.9 Å². The topological polar surface area (TPSA) is 64.9 Å². The van der Waals surface area contributed by atoms with Crippen LogP contribution >= 0.6 is 0 Å². The molecule has 2 aromatic heterocycles. The van der Waals surface area contributed by atoms with E-state index >= 15 is 0 Å². The summed E-state index contributed by atoms with van der Waals surface area (Å²) in [5.74, 6) is 1.32. The van der Waals surface area contributed by atoms with Gasteiger partial charge < -0.3 is 10.1 Å². The minimum Gasteiger partial charge on any atom is -0.481 e. The number of aromatic nitrogens is 4. The molecule has 18 heavy (non-hydrogen) atoms. The molecule has 2 aromatic rings. The quantitative estimate of drug-likeness (QED) is 0.893. The zero-order chi connectivity index (χ0) is 13.1. The maximum Gasteiger partial charge on any atom is 0.221 e. The van der Waals surface area contributed by atoms with E-state index in [9.17, 15) is 0 Å². The molecule has 0 aliphatic heterocycles. The van der Waals surface area contributed by atoms with E-state index in [-0.39, 0.29) is 0 Å². The first kappa shape index (κ1) is 12.3. The normalized spacial score (nSPS) is 10.4. The van der Waals surface area contributed by atoms with E-state index in [1.807, 2.05) is 20.2 Å². The third-order valence-electron chi connectivity index (χ3n) is 2.72. The summed E-state index contributed by atoms with van der Waals surface area (Å²) in [6, 6.07) is 0. The summed E-state index contributed by atoms with van der Waals surface area (Å²) < 4.78 is 6.96. The second kappa shape index (κ2) is 5.03. The van der Waals surface area contributed by atoms with Crippen molar-refractivity contribution in [3.63, 3.8) is 0 Å². The summed E-state index contributed by atoms with van der Waals surface area (Å²) in [5.41, 5.74) is 2.85. The van der Waals surface area contributed by atoms with Gasteiger partial charge >= 0.3 is 0 Å². The SMILES string of the molecule is CCc1nn(C)cc1Nc1ncnc(OC)c1C. The van der Waals surface area contributed by atoms with Gasteiger partial charge in [-0.15, -0.1) is 0 Å². The van der Waals surface area contributed by atoms with Gasteiger partial charge in [0, 0.05) is 13.2 Å². The van der Waals surface area contributed by atoms with E-state index in [1.165, 1.54) is 6.33 Å². The van der Waals surface area contributed by atoms with Crippen molar-refractivity contribution in [2.24, 2.45) is 7.05 Å². The third kappa shape index (κ3) is 2.27. The summed E-state index contributed by atoms with van der Waals surface area (Å²) in [7, 11) is 3.50. The van der Waals surface area contributed by atoms with Crippen LogP contribution in [0, 0.1) is 6.92 Å². The van der Waals surface area contributed by atoms with E-state index in [0.717, 1.165) is 29.2 Å². The van der Waals surface area contributed by atoms with Gasteiger partial charge in [-0.2, -0.15) is 5.10 Å². The van der Waals surface area contributed by atoms with E-state index < -0.39 is 0 Å². The number of nitrogens with one attached hydrogen (secondary N) is 1. The molecule has 0 fully saturated rings. The molecule has 96 valence electrons. The standard InChI is InChI=1S/C12H17N5O/c1-5-9-10(6-17(3)16-9)15-11-8(2)12(18-4)14-7-13-11/h6-7H,5H2,1-4H3,(H,13,14,15). The second-order valence-electron chi connectivity index (χ2n) is 4.00. The largest absolute Gasteiger partial charge is 0.481 e. The fourth-order valence-electron chi connectivity index (χ4n) is 1.79. The van der Waals surface area contributed by atoms with E-state index in [2.05, 4.69) is 27.3 Å².